The molecule has 0 saturated heterocycles. The van der Waals surface area contributed by atoms with Gasteiger partial charge in [0, 0.05) is 24.0 Å². The maximum Gasteiger partial charge on any atom is 0.341 e. The third kappa shape index (κ3) is 5.62. The lowest BCUT2D eigenvalue weighted by Gasteiger charge is -2.33. The van der Waals surface area contributed by atoms with E-state index in [-0.39, 0.29) is 18.2 Å². The molecule has 1 unspecified atom stereocenters. The van der Waals surface area contributed by atoms with E-state index in [0.717, 1.165) is 6.26 Å². The fourth-order valence-electron chi connectivity index (χ4n) is 2.26. The Morgan fingerprint density at radius 3 is 2.31 bits per heavy atom. The highest BCUT2D eigenvalue weighted by Crippen LogP contribution is 2.30. The van der Waals surface area contributed by atoms with E-state index in [0.29, 0.717) is 5.56 Å². The second kappa shape index (κ2) is 8.39. The van der Waals surface area contributed by atoms with Crippen LogP contribution in [0.25, 0.3) is 0 Å². The first-order valence-electron chi connectivity index (χ1n) is 8.05. The average Bonchev–Trinajstić information content (AvgIpc) is 2.60. The van der Waals surface area contributed by atoms with Crippen molar-refractivity contribution >= 4 is 16.1 Å². The molecule has 0 spiro atoms. The van der Waals surface area contributed by atoms with Crippen molar-refractivity contribution in [1.82, 2.24) is 10.3 Å². The Labute approximate surface area is 153 Å². The van der Waals surface area contributed by atoms with Crippen molar-refractivity contribution in [2.75, 3.05) is 12.8 Å². The maximum atomic E-state index is 12.6. The summed E-state index contributed by atoms with van der Waals surface area (Å²) in [6, 6.07) is 11.5. The highest BCUT2D eigenvalue weighted by Gasteiger charge is 2.41. The van der Waals surface area contributed by atoms with Gasteiger partial charge in [0.05, 0.1) is 18.4 Å². The van der Waals surface area contributed by atoms with Crippen molar-refractivity contribution in [2.45, 2.75) is 25.7 Å². The monoisotopic (exact) mass is 378 g/mol. The largest absolute Gasteiger partial charge is 0.422 e. The molecule has 0 fully saturated rings. The zero-order valence-electron chi connectivity index (χ0n) is 14.9. The fraction of sp³-hybridized carbons (Fsp3) is 0.333. The molecule has 0 saturated carbocycles. The van der Waals surface area contributed by atoms with Crippen molar-refractivity contribution in [3.63, 3.8) is 0 Å². The van der Waals surface area contributed by atoms with Crippen LogP contribution in [0.1, 0.15) is 29.8 Å². The molecule has 26 heavy (non-hydrogen) atoms. The molecule has 1 aromatic heterocycles. The van der Waals surface area contributed by atoms with Gasteiger partial charge in [-0.3, -0.25) is 4.98 Å². The Morgan fingerprint density at radius 1 is 1.15 bits per heavy atom. The molecule has 1 aromatic carbocycles. The van der Waals surface area contributed by atoms with E-state index in [1.54, 1.807) is 30.3 Å². The van der Waals surface area contributed by atoms with E-state index in [2.05, 4.69) is 10.3 Å². The third-order valence-electron chi connectivity index (χ3n) is 3.42. The van der Waals surface area contributed by atoms with Crippen LogP contribution in [0.2, 0.25) is 0 Å². The maximum absolute atomic E-state index is 12.6. The molecule has 2 rings (SSSR count). The number of nitrogens with zero attached hydrogens (tertiary/aromatic N) is 1. The van der Waals surface area contributed by atoms with E-state index < -0.39 is 21.9 Å². The van der Waals surface area contributed by atoms with Crippen LogP contribution in [0.15, 0.2) is 54.9 Å². The number of aromatic nitrogens is 1. The number of hydrogen-bond acceptors (Lipinski definition) is 7. The zero-order chi connectivity index (χ0) is 19.2. The molecule has 0 radical (unpaired) electrons. The zero-order valence-corrected chi connectivity index (χ0v) is 15.7. The number of benzene rings is 1. The Hall–Kier alpha value is -2.29. The van der Waals surface area contributed by atoms with Crippen LogP contribution in [0, 0.1) is 0 Å². The standard InChI is InChI=1S/C18H22N2O5S/c1-14(2)20-13-18(25-26(3,22)23,16-7-5-4-6-8-16)24-17(21)15-9-11-19-12-10-15/h4-12,14,20H,13H2,1-3H3. The number of nitrogens with one attached hydrogen (secondary N) is 1. The summed E-state index contributed by atoms with van der Waals surface area (Å²) < 4.78 is 34.8. The van der Waals surface area contributed by atoms with Gasteiger partial charge < -0.3 is 10.1 Å². The molecular weight excluding hydrogens is 356 g/mol. The van der Waals surface area contributed by atoms with Crippen molar-refractivity contribution < 1.29 is 22.1 Å². The Morgan fingerprint density at radius 2 is 1.77 bits per heavy atom. The molecule has 0 aliphatic heterocycles. The topological polar surface area (TPSA) is 94.6 Å². The quantitative estimate of drug-likeness (QED) is 0.427. The van der Waals surface area contributed by atoms with Gasteiger partial charge in [-0.15, -0.1) is 0 Å². The van der Waals surface area contributed by atoms with E-state index in [9.17, 15) is 13.2 Å². The van der Waals surface area contributed by atoms with Gasteiger partial charge in [-0.25, -0.2) is 8.98 Å². The predicted octanol–water partition coefficient (Wildman–Crippen LogP) is 2.07. The Kier molecular flexibility index (Phi) is 6.47. The van der Waals surface area contributed by atoms with Gasteiger partial charge in [0.15, 0.2) is 0 Å². The lowest BCUT2D eigenvalue weighted by molar-refractivity contribution is -0.146. The van der Waals surface area contributed by atoms with Gasteiger partial charge in [-0.1, -0.05) is 44.2 Å². The molecule has 8 heteroatoms. The minimum Gasteiger partial charge on any atom is -0.422 e. The normalized spacial score (nSPS) is 14.0. The van der Waals surface area contributed by atoms with Gasteiger partial charge in [-0.2, -0.15) is 8.42 Å². The first-order valence-corrected chi connectivity index (χ1v) is 9.86. The lowest BCUT2D eigenvalue weighted by Crippen LogP contribution is -2.47. The summed E-state index contributed by atoms with van der Waals surface area (Å²) in [6.07, 6.45) is 3.81. The molecule has 1 atom stereocenters. The molecular formula is C18H22N2O5S. The predicted molar refractivity (Wildman–Crippen MR) is 96.8 cm³/mol. The number of esters is 1. The van der Waals surface area contributed by atoms with Gasteiger partial charge >= 0.3 is 5.97 Å². The van der Waals surface area contributed by atoms with E-state index >= 15 is 0 Å². The first-order chi connectivity index (χ1) is 12.2. The first kappa shape index (κ1) is 20.0. The summed E-state index contributed by atoms with van der Waals surface area (Å²) in [6.45, 7) is 3.74. The van der Waals surface area contributed by atoms with E-state index in [1.807, 2.05) is 13.8 Å². The number of rotatable bonds is 8. The Bertz CT molecular complexity index is 825. The second-order valence-corrected chi connectivity index (χ2v) is 7.64. The van der Waals surface area contributed by atoms with Crippen LogP contribution >= 0.6 is 0 Å². The van der Waals surface area contributed by atoms with Gasteiger partial charge in [0.1, 0.15) is 0 Å². The van der Waals surface area contributed by atoms with E-state index in [4.69, 9.17) is 8.92 Å². The van der Waals surface area contributed by atoms with Crippen molar-refractivity contribution in [2.24, 2.45) is 0 Å². The smallest absolute Gasteiger partial charge is 0.341 e. The number of hydrogen-bond donors (Lipinski definition) is 1. The minimum absolute atomic E-state index is 0.0147. The van der Waals surface area contributed by atoms with Crippen LogP contribution in [0.3, 0.4) is 0 Å². The molecule has 140 valence electrons. The average molecular weight is 378 g/mol. The lowest BCUT2D eigenvalue weighted by atomic mass is 10.1. The summed E-state index contributed by atoms with van der Waals surface area (Å²) in [5, 5.41) is 3.09. The number of carbonyl (C=O) groups is 1. The molecule has 0 amide bonds. The third-order valence-corrected chi connectivity index (χ3v) is 3.99. The van der Waals surface area contributed by atoms with E-state index in [1.165, 1.54) is 24.5 Å². The highest BCUT2D eigenvalue weighted by molar-refractivity contribution is 7.86. The van der Waals surface area contributed by atoms with Crippen molar-refractivity contribution in [3.8, 4) is 0 Å². The van der Waals surface area contributed by atoms with Gasteiger partial charge in [0.2, 0.25) is 0 Å². The second-order valence-electron chi connectivity index (χ2n) is 6.07. The summed E-state index contributed by atoms with van der Waals surface area (Å²) in [7, 11) is -3.94. The van der Waals surface area contributed by atoms with Crippen LogP contribution < -0.4 is 5.32 Å². The van der Waals surface area contributed by atoms with Gasteiger partial charge in [-0.05, 0) is 12.1 Å². The molecule has 1 heterocycles. The molecule has 0 bridgehead atoms. The SMILES string of the molecule is CC(C)NCC(OC(=O)c1ccncc1)(OS(C)(=O)=O)c1ccccc1. The van der Waals surface area contributed by atoms with Gasteiger partial charge in [0.25, 0.3) is 15.9 Å². The minimum atomic E-state index is -3.94. The van der Waals surface area contributed by atoms with Crippen LogP contribution in [-0.4, -0.2) is 38.2 Å². The number of pyridine rings is 1. The summed E-state index contributed by atoms with van der Waals surface area (Å²) >= 11 is 0. The molecule has 1 N–H and O–H groups in total. The summed E-state index contributed by atoms with van der Waals surface area (Å²) in [5.74, 6) is -2.55. The molecule has 7 nitrogen and oxygen atoms in total. The molecule has 0 aliphatic rings. The number of ether oxygens (including phenoxy) is 1. The van der Waals surface area contributed by atoms with Crippen LogP contribution in [0.4, 0.5) is 0 Å². The van der Waals surface area contributed by atoms with Crippen molar-refractivity contribution in [3.05, 3.63) is 66.0 Å². The van der Waals surface area contributed by atoms with Crippen LogP contribution in [-0.2, 0) is 24.8 Å². The molecule has 2 aromatic rings. The number of carbonyl (C=O) groups excluding carboxylic acids is 1. The van der Waals surface area contributed by atoms with Crippen LogP contribution in [0.5, 0.6) is 0 Å². The summed E-state index contributed by atoms with van der Waals surface area (Å²) in [5.41, 5.74) is 0.642. The highest BCUT2D eigenvalue weighted by atomic mass is 32.2. The molecule has 0 aliphatic carbocycles. The Balaban J connectivity index is 2.48. The van der Waals surface area contributed by atoms with Crippen molar-refractivity contribution in [1.29, 1.82) is 0 Å². The fourth-order valence-corrected chi connectivity index (χ4v) is 2.94. The summed E-state index contributed by atoms with van der Waals surface area (Å²) in [4.78, 5) is 16.5.